The molecule has 17 heavy (non-hydrogen) atoms. The van der Waals surface area contributed by atoms with Crippen molar-refractivity contribution >= 4 is 21.6 Å². The van der Waals surface area contributed by atoms with Crippen LogP contribution < -0.4 is 4.83 Å². The minimum Gasteiger partial charge on any atom is -0.379 e. The Morgan fingerprint density at radius 1 is 1.35 bits per heavy atom. The number of nitrogens with zero attached hydrogens (tertiary/aromatic N) is 2. The van der Waals surface area contributed by atoms with Crippen molar-refractivity contribution in [3.63, 3.8) is 0 Å². The lowest BCUT2D eigenvalue weighted by Crippen LogP contribution is -2.48. The summed E-state index contributed by atoms with van der Waals surface area (Å²) in [6.45, 7) is 2.09. The van der Waals surface area contributed by atoms with Gasteiger partial charge in [0, 0.05) is 19.3 Å². The number of halogens is 1. The minimum atomic E-state index is -3.58. The normalized spacial score (nSPS) is 18.2. The van der Waals surface area contributed by atoms with Gasteiger partial charge in [0.25, 0.3) is 10.0 Å². The lowest BCUT2D eigenvalue weighted by molar-refractivity contribution is 0.0272. The molecule has 0 bridgehead atoms. The summed E-state index contributed by atoms with van der Waals surface area (Å²) in [6.07, 6.45) is 1.23. The van der Waals surface area contributed by atoms with E-state index in [2.05, 4.69) is 9.82 Å². The molecule has 0 amide bonds. The first-order valence-electron chi connectivity index (χ1n) is 5.05. The van der Waals surface area contributed by atoms with Gasteiger partial charge in [-0.25, -0.2) is 18.4 Å². The fraction of sp³-hybridized carbons (Fsp3) is 0.444. The summed E-state index contributed by atoms with van der Waals surface area (Å²) in [7, 11) is -3.58. The van der Waals surface area contributed by atoms with Crippen LogP contribution in [-0.2, 0) is 14.8 Å². The first-order valence-corrected chi connectivity index (χ1v) is 6.91. The molecule has 0 atom stereocenters. The van der Waals surface area contributed by atoms with Gasteiger partial charge in [0.2, 0.25) is 0 Å². The average Bonchev–Trinajstić information content (AvgIpc) is 2.30. The molecule has 1 aromatic heterocycles. The van der Waals surface area contributed by atoms with Crippen molar-refractivity contribution in [3.05, 3.63) is 23.5 Å². The fourth-order valence-electron chi connectivity index (χ4n) is 1.40. The fourth-order valence-corrected chi connectivity index (χ4v) is 2.58. The van der Waals surface area contributed by atoms with Crippen LogP contribution in [0.25, 0.3) is 0 Å². The molecule has 0 aliphatic carbocycles. The molecule has 8 heteroatoms. The van der Waals surface area contributed by atoms with Crippen LogP contribution in [0.4, 0.5) is 0 Å². The van der Waals surface area contributed by atoms with Gasteiger partial charge in [0.05, 0.1) is 13.2 Å². The van der Waals surface area contributed by atoms with E-state index in [-0.39, 0.29) is 10.0 Å². The topological polar surface area (TPSA) is 71.5 Å². The number of ether oxygens (including phenoxy) is 1. The van der Waals surface area contributed by atoms with Gasteiger partial charge in [-0.05, 0) is 12.1 Å². The third-order valence-electron chi connectivity index (χ3n) is 2.27. The number of hydrogen-bond acceptors (Lipinski definition) is 5. The molecule has 0 radical (unpaired) electrons. The Hall–Kier alpha value is -0.730. The summed E-state index contributed by atoms with van der Waals surface area (Å²) in [4.78, 5) is 6.31. The Kier molecular flexibility index (Phi) is 3.95. The summed E-state index contributed by atoms with van der Waals surface area (Å²) >= 11 is 5.60. The maximum atomic E-state index is 11.9. The van der Waals surface area contributed by atoms with Crippen molar-refractivity contribution in [2.45, 2.75) is 4.90 Å². The Bertz CT molecular complexity index is 471. The molecule has 1 N–H and O–H groups in total. The molecule has 2 heterocycles. The van der Waals surface area contributed by atoms with Gasteiger partial charge in [-0.15, -0.1) is 4.83 Å². The molecule has 1 aliphatic rings. The second-order valence-electron chi connectivity index (χ2n) is 3.51. The summed E-state index contributed by atoms with van der Waals surface area (Å²) in [5, 5.41) is 1.86. The predicted molar refractivity (Wildman–Crippen MR) is 62.0 cm³/mol. The standard InChI is InChI=1S/C9H12ClN3O3S/c10-9-2-1-8(7-11-9)17(14,15)12-13-3-5-16-6-4-13/h1-2,7,12H,3-6H2. The van der Waals surface area contributed by atoms with Crippen molar-refractivity contribution in [1.82, 2.24) is 14.8 Å². The second-order valence-corrected chi connectivity index (χ2v) is 5.56. The smallest absolute Gasteiger partial charge is 0.254 e. The zero-order valence-electron chi connectivity index (χ0n) is 8.97. The van der Waals surface area contributed by atoms with Gasteiger partial charge in [-0.1, -0.05) is 11.6 Å². The molecule has 6 nitrogen and oxygen atoms in total. The summed E-state index contributed by atoms with van der Waals surface area (Å²) in [5.41, 5.74) is 0. The van der Waals surface area contributed by atoms with Crippen molar-refractivity contribution in [1.29, 1.82) is 0 Å². The van der Waals surface area contributed by atoms with Gasteiger partial charge >= 0.3 is 0 Å². The molecular formula is C9H12ClN3O3S. The highest BCUT2D eigenvalue weighted by Gasteiger charge is 2.20. The van der Waals surface area contributed by atoms with E-state index in [0.29, 0.717) is 26.3 Å². The van der Waals surface area contributed by atoms with Crippen molar-refractivity contribution in [3.8, 4) is 0 Å². The van der Waals surface area contributed by atoms with Crippen LogP contribution in [0.2, 0.25) is 5.15 Å². The second kappa shape index (κ2) is 5.28. The van der Waals surface area contributed by atoms with Crippen LogP contribution in [0.1, 0.15) is 0 Å². The van der Waals surface area contributed by atoms with E-state index in [1.807, 2.05) is 0 Å². The molecule has 0 unspecified atom stereocenters. The minimum absolute atomic E-state index is 0.0911. The molecule has 0 spiro atoms. The van der Waals surface area contributed by atoms with Gasteiger partial charge < -0.3 is 4.74 Å². The summed E-state index contributed by atoms with van der Waals surface area (Å²) in [6, 6.07) is 2.85. The third kappa shape index (κ3) is 3.36. The number of pyridine rings is 1. The van der Waals surface area contributed by atoms with E-state index in [0.717, 1.165) is 0 Å². The molecule has 1 fully saturated rings. The van der Waals surface area contributed by atoms with Crippen LogP contribution in [0, 0.1) is 0 Å². The Morgan fingerprint density at radius 3 is 2.65 bits per heavy atom. The maximum Gasteiger partial charge on any atom is 0.254 e. The first-order chi connectivity index (χ1) is 8.08. The van der Waals surface area contributed by atoms with Crippen LogP contribution in [0.15, 0.2) is 23.2 Å². The van der Waals surface area contributed by atoms with E-state index >= 15 is 0 Å². The van der Waals surface area contributed by atoms with Crippen LogP contribution in [0.3, 0.4) is 0 Å². The predicted octanol–water partition coefficient (Wildman–Crippen LogP) is 0.261. The van der Waals surface area contributed by atoms with Crippen molar-refractivity contribution in [2.24, 2.45) is 0 Å². The van der Waals surface area contributed by atoms with Crippen molar-refractivity contribution in [2.75, 3.05) is 26.3 Å². The summed E-state index contributed by atoms with van der Waals surface area (Å²) in [5.74, 6) is 0. The average molecular weight is 278 g/mol. The number of nitrogens with one attached hydrogen (secondary N) is 1. The van der Waals surface area contributed by atoms with E-state index in [4.69, 9.17) is 16.3 Å². The van der Waals surface area contributed by atoms with E-state index in [1.54, 1.807) is 5.01 Å². The highest BCUT2D eigenvalue weighted by atomic mass is 35.5. The molecule has 1 aliphatic heterocycles. The highest BCUT2D eigenvalue weighted by molar-refractivity contribution is 7.89. The van der Waals surface area contributed by atoms with Crippen LogP contribution in [-0.4, -0.2) is 44.7 Å². The molecule has 94 valence electrons. The monoisotopic (exact) mass is 277 g/mol. The van der Waals surface area contributed by atoms with Crippen LogP contribution in [0.5, 0.6) is 0 Å². The van der Waals surface area contributed by atoms with Crippen molar-refractivity contribution < 1.29 is 13.2 Å². The number of hydrazine groups is 1. The zero-order chi connectivity index (χ0) is 12.3. The first kappa shape index (κ1) is 12.7. The van der Waals surface area contributed by atoms with E-state index in [9.17, 15) is 8.42 Å². The van der Waals surface area contributed by atoms with Gasteiger partial charge in [0.15, 0.2) is 0 Å². The molecule has 2 rings (SSSR count). The molecule has 0 saturated carbocycles. The van der Waals surface area contributed by atoms with E-state index < -0.39 is 10.0 Å². The number of aromatic nitrogens is 1. The zero-order valence-corrected chi connectivity index (χ0v) is 10.5. The Morgan fingerprint density at radius 2 is 2.06 bits per heavy atom. The summed E-state index contributed by atoms with van der Waals surface area (Å²) < 4.78 is 29.0. The number of rotatable bonds is 3. The molecule has 1 saturated heterocycles. The van der Waals surface area contributed by atoms with E-state index in [1.165, 1.54) is 18.3 Å². The largest absolute Gasteiger partial charge is 0.379 e. The highest BCUT2D eigenvalue weighted by Crippen LogP contribution is 2.11. The quantitative estimate of drug-likeness (QED) is 0.803. The lowest BCUT2D eigenvalue weighted by atomic mass is 10.5. The third-order valence-corrected chi connectivity index (χ3v) is 3.86. The number of morpholine rings is 1. The van der Waals surface area contributed by atoms with Gasteiger partial charge in [0.1, 0.15) is 10.0 Å². The van der Waals surface area contributed by atoms with Gasteiger partial charge in [-0.2, -0.15) is 0 Å². The molecular weight excluding hydrogens is 266 g/mol. The lowest BCUT2D eigenvalue weighted by Gasteiger charge is -2.26. The molecule has 1 aromatic rings. The van der Waals surface area contributed by atoms with Crippen LogP contribution >= 0.6 is 11.6 Å². The maximum absolute atomic E-state index is 11.9. The van der Waals surface area contributed by atoms with Gasteiger partial charge in [-0.3, -0.25) is 0 Å². The number of sulfonamides is 1. The SMILES string of the molecule is O=S(=O)(NN1CCOCC1)c1ccc(Cl)nc1. The molecule has 0 aromatic carbocycles. The Balaban J connectivity index is 2.10. The Labute approximate surface area is 105 Å². The number of hydrogen-bond donors (Lipinski definition) is 1.